The zero-order chi connectivity index (χ0) is 18.2. The summed E-state index contributed by atoms with van der Waals surface area (Å²) in [5.41, 5.74) is 0.983. The maximum Gasteiger partial charge on any atom is 0.306 e. The summed E-state index contributed by atoms with van der Waals surface area (Å²) >= 11 is 0. The molecule has 1 aromatic rings. The number of hydrogen-bond donors (Lipinski definition) is 0. The Bertz CT molecular complexity index is 624. The predicted molar refractivity (Wildman–Crippen MR) is 91.1 cm³/mol. The van der Waals surface area contributed by atoms with Crippen molar-refractivity contribution in [3.05, 3.63) is 29.8 Å². The minimum atomic E-state index is -0.393. The second-order valence-corrected chi connectivity index (χ2v) is 5.89. The van der Waals surface area contributed by atoms with Gasteiger partial charge in [0.15, 0.2) is 6.61 Å². The Morgan fingerprint density at radius 2 is 1.56 bits per heavy atom. The Balaban J connectivity index is 1.74. The molecule has 0 radical (unpaired) electrons. The van der Waals surface area contributed by atoms with Gasteiger partial charge in [-0.25, -0.2) is 0 Å². The first-order valence-corrected chi connectivity index (χ1v) is 8.32. The maximum absolute atomic E-state index is 12.2. The number of ether oxygens (including phenoxy) is 2. The molecule has 1 aliphatic heterocycles. The molecule has 7 nitrogen and oxygen atoms in total. The third-order valence-electron chi connectivity index (χ3n) is 4.20. The van der Waals surface area contributed by atoms with E-state index in [0.29, 0.717) is 31.9 Å². The van der Waals surface area contributed by atoms with Gasteiger partial charge in [0.2, 0.25) is 5.91 Å². The summed E-state index contributed by atoms with van der Waals surface area (Å²) in [6.07, 6.45) is 0.218. The minimum absolute atomic E-state index is 0.0128. The number of esters is 1. The molecule has 0 unspecified atom stereocenters. The Morgan fingerprint density at radius 1 is 0.960 bits per heavy atom. The van der Waals surface area contributed by atoms with Crippen molar-refractivity contribution in [2.75, 3.05) is 39.9 Å². The van der Waals surface area contributed by atoms with E-state index in [1.807, 2.05) is 31.2 Å². The monoisotopic (exact) mass is 348 g/mol. The third-order valence-corrected chi connectivity index (χ3v) is 4.20. The maximum atomic E-state index is 12.2. The molecule has 1 aliphatic rings. The molecule has 1 fully saturated rings. The van der Waals surface area contributed by atoms with Crippen LogP contribution in [0.3, 0.4) is 0 Å². The molecule has 1 heterocycles. The number of benzene rings is 1. The molecule has 0 saturated carbocycles. The van der Waals surface area contributed by atoms with Crippen LogP contribution in [0.5, 0.6) is 5.75 Å². The highest BCUT2D eigenvalue weighted by atomic mass is 16.5. The van der Waals surface area contributed by atoms with Gasteiger partial charge in [-0.15, -0.1) is 0 Å². The first kappa shape index (κ1) is 18.8. The molecule has 1 saturated heterocycles. The highest BCUT2D eigenvalue weighted by Crippen LogP contribution is 2.16. The van der Waals surface area contributed by atoms with Gasteiger partial charge in [-0.1, -0.05) is 18.2 Å². The molecule has 2 amide bonds. The molecule has 0 aromatic heterocycles. The minimum Gasteiger partial charge on any atom is -0.484 e. The molecule has 2 rings (SSSR count). The van der Waals surface area contributed by atoms with Crippen molar-refractivity contribution < 1.29 is 23.9 Å². The standard InChI is InChI=1S/C18H24N2O5/c1-14-5-3-4-6-15(14)25-13-17(22)20-11-9-19(10-12-20)16(21)7-8-18(23)24-2/h3-6H,7-13H2,1-2H3. The van der Waals surface area contributed by atoms with Crippen LogP contribution in [-0.4, -0.2) is 67.5 Å². The van der Waals surface area contributed by atoms with Crippen molar-refractivity contribution in [2.24, 2.45) is 0 Å². The molecular formula is C18H24N2O5. The molecule has 136 valence electrons. The number of hydrogen-bond acceptors (Lipinski definition) is 5. The van der Waals surface area contributed by atoms with E-state index in [0.717, 1.165) is 5.56 Å². The Kier molecular flexibility index (Phi) is 6.80. The Labute approximate surface area is 147 Å². The number of nitrogens with zero attached hydrogens (tertiary/aromatic N) is 2. The average Bonchev–Trinajstić information content (AvgIpc) is 2.65. The largest absolute Gasteiger partial charge is 0.484 e. The number of rotatable bonds is 6. The summed E-state index contributed by atoms with van der Waals surface area (Å²) in [7, 11) is 1.30. The topological polar surface area (TPSA) is 76.2 Å². The van der Waals surface area contributed by atoms with Crippen molar-refractivity contribution in [3.8, 4) is 5.75 Å². The van der Waals surface area contributed by atoms with Crippen molar-refractivity contribution in [1.82, 2.24) is 9.80 Å². The van der Waals surface area contributed by atoms with E-state index in [4.69, 9.17) is 4.74 Å². The lowest BCUT2D eigenvalue weighted by atomic mass is 10.2. The van der Waals surface area contributed by atoms with E-state index in [9.17, 15) is 14.4 Å². The second kappa shape index (κ2) is 9.05. The zero-order valence-electron chi connectivity index (χ0n) is 14.7. The summed E-state index contributed by atoms with van der Waals surface area (Å²) < 4.78 is 10.1. The second-order valence-electron chi connectivity index (χ2n) is 5.89. The van der Waals surface area contributed by atoms with Crippen LogP contribution >= 0.6 is 0 Å². The fourth-order valence-electron chi connectivity index (χ4n) is 2.62. The van der Waals surface area contributed by atoms with Gasteiger partial charge < -0.3 is 19.3 Å². The highest BCUT2D eigenvalue weighted by Gasteiger charge is 2.24. The molecule has 25 heavy (non-hydrogen) atoms. The third kappa shape index (κ3) is 5.48. The first-order chi connectivity index (χ1) is 12.0. The summed E-state index contributed by atoms with van der Waals surface area (Å²) in [5.74, 6) is 0.126. The number of aryl methyl sites for hydroxylation is 1. The Morgan fingerprint density at radius 3 is 2.16 bits per heavy atom. The molecule has 0 spiro atoms. The predicted octanol–water partition coefficient (Wildman–Crippen LogP) is 0.998. The van der Waals surface area contributed by atoms with E-state index < -0.39 is 5.97 Å². The van der Waals surface area contributed by atoms with Gasteiger partial charge in [-0.3, -0.25) is 14.4 Å². The molecule has 1 aromatic carbocycles. The molecule has 0 bridgehead atoms. The van der Waals surface area contributed by atoms with Crippen molar-refractivity contribution in [1.29, 1.82) is 0 Å². The van der Waals surface area contributed by atoms with Crippen LogP contribution in [0.25, 0.3) is 0 Å². The number of amides is 2. The number of carbonyl (C=O) groups excluding carboxylic acids is 3. The Hall–Kier alpha value is -2.57. The first-order valence-electron chi connectivity index (χ1n) is 8.32. The van der Waals surface area contributed by atoms with Crippen LogP contribution in [0.4, 0.5) is 0 Å². The van der Waals surface area contributed by atoms with Gasteiger partial charge in [0.25, 0.3) is 5.91 Å². The van der Waals surface area contributed by atoms with E-state index in [1.165, 1.54) is 7.11 Å². The van der Waals surface area contributed by atoms with Gasteiger partial charge in [-0.2, -0.15) is 0 Å². The van der Waals surface area contributed by atoms with Crippen LogP contribution in [0, 0.1) is 6.92 Å². The van der Waals surface area contributed by atoms with Gasteiger partial charge >= 0.3 is 5.97 Å². The smallest absolute Gasteiger partial charge is 0.306 e. The molecule has 0 N–H and O–H groups in total. The lowest BCUT2D eigenvalue weighted by molar-refractivity contribution is -0.145. The van der Waals surface area contributed by atoms with Crippen molar-refractivity contribution in [3.63, 3.8) is 0 Å². The van der Waals surface area contributed by atoms with Crippen LogP contribution in [0.2, 0.25) is 0 Å². The lowest BCUT2D eigenvalue weighted by Crippen LogP contribution is -2.51. The zero-order valence-corrected chi connectivity index (χ0v) is 14.7. The van der Waals surface area contributed by atoms with Crippen LogP contribution in [0.1, 0.15) is 18.4 Å². The molecule has 0 atom stereocenters. The van der Waals surface area contributed by atoms with Gasteiger partial charge in [0.05, 0.1) is 13.5 Å². The van der Waals surface area contributed by atoms with Gasteiger partial charge in [0, 0.05) is 32.6 Å². The fraction of sp³-hybridized carbons (Fsp3) is 0.500. The van der Waals surface area contributed by atoms with Crippen LogP contribution in [-0.2, 0) is 19.1 Å². The summed E-state index contributed by atoms with van der Waals surface area (Å²) in [6, 6.07) is 7.55. The van der Waals surface area contributed by atoms with Crippen molar-refractivity contribution in [2.45, 2.75) is 19.8 Å². The van der Waals surface area contributed by atoms with Crippen LogP contribution < -0.4 is 4.74 Å². The summed E-state index contributed by atoms with van der Waals surface area (Å²) in [6.45, 7) is 3.80. The quantitative estimate of drug-likeness (QED) is 0.717. The van der Waals surface area contributed by atoms with Crippen LogP contribution in [0.15, 0.2) is 24.3 Å². The number of para-hydroxylation sites is 1. The fourth-order valence-corrected chi connectivity index (χ4v) is 2.62. The van der Waals surface area contributed by atoms with E-state index in [-0.39, 0.29) is 31.3 Å². The summed E-state index contributed by atoms with van der Waals surface area (Å²) in [4.78, 5) is 38.7. The van der Waals surface area contributed by atoms with E-state index in [2.05, 4.69) is 4.74 Å². The molecular weight excluding hydrogens is 324 g/mol. The molecule has 0 aliphatic carbocycles. The van der Waals surface area contributed by atoms with Gasteiger partial charge in [0.1, 0.15) is 5.75 Å². The number of carbonyl (C=O) groups is 3. The van der Waals surface area contributed by atoms with Crippen molar-refractivity contribution >= 4 is 17.8 Å². The SMILES string of the molecule is COC(=O)CCC(=O)N1CCN(C(=O)COc2ccccc2C)CC1. The number of methoxy groups -OCH3 is 1. The summed E-state index contributed by atoms with van der Waals surface area (Å²) in [5, 5.41) is 0. The van der Waals surface area contributed by atoms with Gasteiger partial charge in [-0.05, 0) is 18.6 Å². The van der Waals surface area contributed by atoms with E-state index in [1.54, 1.807) is 9.80 Å². The lowest BCUT2D eigenvalue weighted by Gasteiger charge is -2.34. The normalized spacial score (nSPS) is 14.2. The highest BCUT2D eigenvalue weighted by molar-refractivity contribution is 5.82. The number of piperazine rings is 1. The average molecular weight is 348 g/mol. The molecule has 7 heteroatoms. The van der Waals surface area contributed by atoms with E-state index >= 15 is 0 Å².